The molecule has 3 heteroatoms. The Hall–Kier alpha value is -2.16. The molecule has 0 aromatic heterocycles. The fraction of sp³-hybridized carbons (Fsp3) is 0.400. The molecular formula is C20H27NO2. The van der Waals surface area contributed by atoms with Crippen LogP contribution in [0.3, 0.4) is 0 Å². The topological polar surface area (TPSA) is 30.5 Å². The molecule has 1 unspecified atom stereocenters. The monoisotopic (exact) mass is 313 g/mol. The van der Waals surface area contributed by atoms with E-state index in [2.05, 4.69) is 45.1 Å². The minimum Gasteiger partial charge on any atom is -0.493 e. The van der Waals surface area contributed by atoms with Crippen molar-refractivity contribution in [2.45, 2.75) is 33.8 Å². The van der Waals surface area contributed by atoms with Crippen LogP contribution in [0.5, 0.6) is 11.5 Å². The number of aryl methyl sites for hydroxylation is 1. The van der Waals surface area contributed by atoms with Gasteiger partial charge in [0.2, 0.25) is 0 Å². The van der Waals surface area contributed by atoms with Gasteiger partial charge in [-0.05, 0) is 44.0 Å². The molecule has 0 saturated carbocycles. The second-order valence-electron chi connectivity index (χ2n) is 6.36. The molecule has 0 amide bonds. The zero-order valence-corrected chi connectivity index (χ0v) is 14.5. The molecule has 23 heavy (non-hydrogen) atoms. The van der Waals surface area contributed by atoms with Gasteiger partial charge in [0, 0.05) is 11.8 Å². The van der Waals surface area contributed by atoms with Crippen LogP contribution in [-0.4, -0.2) is 19.3 Å². The highest BCUT2D eigenvalue weighted by Gasteiger charge is 2.05. The Balaban J connectivity index is 1.82. The van der Waals surface area contributed by atoms with Gasteiger partial charge in [0.05, 0.1) is 13.2 Å². The van der Waals surface area contributed by atoms with Crippen molar-refractivity contribution in [3.63, 3.8) is 0 Å². The predicted octanol–water partition coefficient (Wildman–Crippen LogP) is 4.91. The minimum atomic E-state index is 0.0814. The summed E-state index contributed by atoms with van der Waals surface area (Å²) in [6.45, 7) is 9.89. The van der Waals surface area contributed by atoms with Crippen LogP contribution in [0.1, 0.15) is 26.3 Å². The fourth-order valence-electron chi connectivity index (χ4n) is 2.11. The van der Waals surface area contributed by atoms with Crippen LogP contribution in [-0.2, 0) is 0 Å². The normalized spacial score (nSPS) is 12.0. The largest absolute Gasteiger partial charge is 0.493 e. The summed E-state index contributed by atoms with van der Waals surface area (Å²) in [4.78, 5) is 0. The lowest BCUT2D eigenvalue weighted by atomic mass is 10.2. The Morgan fingerprint density at radius 3 is 2.39 bits per heavy atom. The molecule has 3 nitrogen and oxygen atoms in total. The van der Waals surface area contributed by atoms with E-state index in [1.807, 2.05) is 36.4 Å². The van der Waals surface area contributed by atoms with Gasteiger partial charge in [-0.25, -0.2) is 0 Å². The highest BCUT2D eigenvalue weighted by molar-refractivity contribution is 5.48. The predicted molar refractivity (Wildman–Crippen MR) is 96.5 cm³/mol. The molecule has 2 rings (SSSR count). The average Bonchev–Trinajstić information content (AvgIpc) is 2.54. The van der Waals surface area contributed by atoms with Crippen LogP contribution in [0.2, 0.25) is 0 Å². The van der Waals surface area contributed by atoms with Gasteiger partial charge in [-0.2, -0.15) is 0 Å². The van der Waals surface area contributed by atoms with Gasteiger partial charge in [0.15, 0.2) is 0 Å². The Labute approximate surface area is 139 Å². The standard InChI is InChI=1S/C20H27NO2/c1-15(2)14-22-20-7-5-6-18(12-20)21-13-17(4)23-19-10-8-16(3)9-11-19/h5-12,15,17,21H,13-14H2,1-4H3. The molecule has 2 aromatic carbocycles. The van der Waals surface area contributed by atoms with Gasteiger partial charge in [-0.3, -0.25) is 0 Å². The highest BCUT2D eigenvalue weighted by atomic mass is 16.5. The molecule has 0 aliphatic carbocycles. The van der Waals surface area contributed by atoms with Gasteiger partial charge >= 0.3 is 0 Å². The first kappa shape index (κ1) is 17.2. The molecule has 2 aromatic rings. The zero-order valence-electron chi connectivity index (χ0n) is 14.5. The summed E-state index contributed by atoms with van der Waals surface area (Å²) < 4.78 is 11.7. The van der Waals surface area contributed by atoms with Gasteiger partial charge in [0.25, 0.3) is 0 Å². The summed E-state index contributed by atoms with van der Waals surface area (Å²) in [5.74, 6) is 2.32. The number of nitrogens with one attached hydrogen (secondary N) is 1. The van der Waals surface area contributed by atoms with E-state index in [0.29, 0.717) is 5.92 Å². The van der Waals surface area contributed by atoms with Crippen molar-refractivity contribution in [2.24, 2.45) is 5.92 Å². The molecule has 0 radical (unpaired) electrons. The molecule has 124 valence electrons. The van der Waals surface area contributed by atoms with Crippen molar-refractivity contribution < 1.29 is 9.47 Å². The molecule has 1 N–H and O–H groups in total. The van der Waals surface area contributed by atoms with E-state index < -0.39 is 0 Å². The maximum Gasteiger partial charge on any atom is 0.121 e. The third-order valence-electron chi connectivity index (χ3n) is 3.37. The van der Waals surface area contributed by atoms with E-state index in [0.717, 1.165) is 30.3 Å². The molecule has 0 aliphatic heterocycles. The average molecular weight is 313 g/mol. The number of benzene rings is 2. The lowest BCUT2D eigenvalue weighted by molar-refractivity contribution is 0.234. The Kier molecular flexibility index (Phi) is 6.33. The molecule has 0 bridgehead atoms. The molecule has 1 atom stereocenters. The van der Waals surface area contributed by atoms with E-state index in [9.17, 15) is 0 Å². The number of rotatable bonds is 8. The third kappa shape index (κ3) is 6.23. The van der Waals surface area contributed by atoms with E-state index in [4.69, 9.17) is 9.47 Å². The van der Waals surface area contributed by atoms with E-state index in [1.165, 1.54) is 5.56 Å². The Morgan fingerprint density at radius 2 is 1.70 bits per heavy atom. The summed E-state index contributed by atoms with van der Waals surface area (Å²) in [7, 11) is 0. The number of ether oxygens (including phenoxy) is 2. The van der Waals surface area contributed by atoms with E-state index in [-0.39, 0.29) is 6.10 Å². The van der Waals surface area contributed by atoms with Gasteiger partial charge < -0.3 is 14.8 Å². The van der Waals surface area contributed by atoms with Gasteiger partial charge in [-0.15, -0.1) is 0 Å². The van der Waals surface area contributed by atoms with Crippen LogP contribution < -0.4 is 14.8 Å². The van der Waals surface area contributed by atoms with E-state index >= 15 is 0 Å². The summed E-state index contributed by atoms with van der Waals surface area (Å²) in [6.07, 6.45) is 0.0814. The quantitative estimate of drug-likeness (QED) is 0.751. The summed E-state index contributed by atoms with van der Waals surface area (Å²) in [5, 5.41) is 3.40. The van der Waals surface area contributed by atoms with Gasteiger partial charge in [-0.1, -0.05) is 37.6 Å². The molecule has 0 saturated heterocycles. The first-order valence-corrected chi connectivity index (χ1v) is 8.23. The van der Waals surface area contributed by atoms with Crippen molar-refractivity contribution in [3.05, 3.63) is 54.1 Å². The maximum absolute atomic E-state index is 5.91. The Morgan fingerprint density at radius 1 is 0.957 bits per heavy atom. The van der Waals surface area contributed by atoms with Crippen molar-refractivity contribution in [1.29, 1.82) is 0 Å². The first-order chi connectivity index (χ1) is 11.0. The first-order valence-electron chi connectivity index (χ1n) is 8.23. The van der Waals surface area contributed by atoms with E-state index in [1.54, 1.807) is 0 Å². The summed E-state index contributed by atoms with van der Waals surface area (Å²) >= 11 is 0. The Bertz CT molecular complexity index is 593. The second kappa shape index (κ2) is 8.47. The van der Waals surface area contributed by atoms with Crippen molar-refractivity contribution in [3.8, 4) is 11.5 Å². The fourth-order valence-corrected chi connectivity index (χ4v) is 2.11. The highest BCUT2D eigenvalue weighted by Crippen LogP contribution is 2.19. The summed E-state index contributed by atoms with van der Waals surface area (Å²) in [5.41, 5.74) is 2.28. The number of hydrogen-bond acceptors (Lipinski definition) is 3. The van der Waals surface area contributed by atoms with Crippen molar-refractivity contribution >= 4 is 5.69 Å². The lowest BCUT2D eigenvalue weighted by Crippen LogP contribution is -2.22. The van der Waals surface area contributed by atoms with Crippen LogP contribution in [0, 0.1) is 12.8 Å². The SMILES string of the molecule is Cc1ccc(OC(C)CNc2cccc(OCC(C)C)c2)cc1. The van der Waals surface area contributed by atoms with Crippen LogP contribution in [0.4, 0.5) is 5.69 Å². The zero-order chi connectivity index (χ0) is 16.7. The van der Waals surface area contributed by atoms with Crippen LogP contribution in [0.25, 0.3) is 0 Å². The molecule has 0 spiro atoms. The number of hydrogen-bond donors (Lipinski definition) is 1. The second-order valence-corrected chi connectivity index (χ2v) is 6.36. The minimum absolute atomic E-state index is 0.0814. The smallest absolute Gasteiger partial charge is 0.121 e. The van der Waals surface area contributed by atoms with Crippen molar-refractivity contribution in [1.82, 2.24) is 0 Å². The molecular weight excluding hydrogens is 286 g/mol. The molecule has 0 aliphatic rings. The molecule has 0 heterocycles. The van der Waals surface area contributed by atoms with Crippen molar-refractivity contribution in [2.75, 3.05) is 18.5 Å². The summed E-state index contributed by atoms with van der Waals surface area (Å²) in [6, 6.07) is 16.2. The lowest BCUT2D eigenvalue weighted by Gasteiger charge is -2.17. The third-order valence-corrected chi connectivity index (χ3v) is 3.37. The number of anilines is 1. The van der Waals surface area contributed by atoms with Crippen LogP contribution in [0.15, 0.2) is 48.5 Å². The maximum atomic E-state index is 5.91. The molecule has 0 fully saturated rings. The van der Waals surface area contributed by atoms with Gasteiger partial charge in [0.1, 0.15) is 17.6 Å². The van der Waals surface area contributed by atoms with Crippen LogP contribution >= 0.6 is 0 Å².